The van der Waals surface area contributed by atoms with Gasteiger partial charge in [-0.15, -0.1) is 0 Å². The van der Waals surface area contributed by atoms with Gasteiger partial charge in [-0.3, -0.25) is 14.3 Å². The van der Waals surface area contributed by atoms with Crippen LogP contribution in [0.3, 0.4) is 0 Å². The number of nitrogens with zero attached hydrogens (tertiary/aromatic N) is 4. The lowest BCUT2D eigenvalue weighted by Crippen LogP contribution is -2.64. The molecule has 3 aliphatic rings. The summed E-state index contributed by atoms with van der Waals surface area (Å²) in [4.78, 5) is 29.7. The largest absolute Gasteiger partial charge is 0.345 e. The van der Waals surface area contributed by atoms with Crippen molar-refractivity contribution in [1.29, 1.82) is 0 Å². The number of aromatic nitrogens is 2. The zero-order valence-electron chi connectivity index (χ0n) is 16.9. The maximum atomic E-state index is 13.3. The molecule has 8 nitrogen and oxygen atoms in total. The maximum Gasteiger partial charge on any atom is 0.257 e. The van der Waals surface area contributed by atoms with Crippen molar-refractivity contribution in [1.82, 2.24) is 19.6 Å². The Bertz CT molecular complexity index is 738. The molecule has 154 valence electrons. The second-order valence-corrected chi connectivity index (χ2v) is 8.59. The van der Waals surface area contributed by atoms with Gasteiger partial charge in [-0.05, 0) is 12.8 Å². The minimum Gasteiger partial charge on any atom is -0.345 e. The normalized spacial score (nSPS) is 27.8. The molecule has 8 heteroatoms. The van der Waals surface area contributed by atoms with Gasteiger partial charge in [-0.1, -0.05) is 26.2 Å². The topological polar surface area (TPSA) is 76.9 Å². The van der Waals surface area contributed by atoms with E-state index in [4.69, 9.17) is 9.47 Å². The molecule has 0 bridgehead atoms. The van der Waals surface area contributed by atoms with Gasteiger partial charge in [0.15, 0.2) is 0 Å². The van der Waals surface area contributed by atoms with Crippen LogP contribution in [0.4, 0.5) is 0 Å². The number of morpholine rings is 2. The third kappa shape index (κ3) is 3.67. The molecular formula is C20H30N4O4. The van der Waals surface area contributed by atoms with Crippen LogP contribution in [-0.4, -0.2) is 76.6 Å². The van der Waals surface area contributed by atoms with Crippen molar-refractivity contribution in [2.45, 2.75) is 44.8 Å². The molecule has 2 amide bonds. The van der Waals surface area contributed by atoms with E-state index in [0.29, 0.717) is 45.0 Å². The summed E-state index contributed by atoms with van der Waals surface area (Å²) >= 11 is 0. The molecular weight excluding hydrogens is 360 g/mol. The third-order valence-electron chi connectivity index (χ3n) is 6.32. The Balaban J connectivity index is 1.46. The number of hydrogen-bond acceptors (Lipinski definition) is 5. The van der Waals surface area contributed by atoms with E-state index in [-0.39, 0.29) is 17.2 Å². The van der Waals surface area contributed by atoms with Gasteiger partial charge in [-0.25, -0.2) is 0 Å². The van der Waals surface area contributed by atoms with E-state index in [9.17, 15) is 9.59 Å². The summed E-state index contributed by atoms with van der Waals surface area (Å²) in [7, 11) is 1.79. The second-order valence-electron chi connectivity index (χ2n) is 8.59. The lowest BCUT2D eigenvalue weighted by Gasteiger charge is -2.49. The Morgan fingerprint density at radius 2 is 1.68 bits per heavy atom. The van der Waals surface area contributed by atoms with Crippen LogP contribution in [0.15, 0.2) is 12.4 Å². The molecule has 1 aromatic rings. The number of hydrogen-bond donors (Lipinski definition) is 0. The van der Waals surface area contributed by atoms with Crippen molar-refractivity contribution in [2.24, 2.45) is 12.5 Å². The second kappa shape index (κ2) is 7.48. The molecule has 4 rings (SSSR count). The molecule has 0 aromatic carbocycles. The Labute approximate surface area is 165 Å². The van der Waals surface area contributed by atoms with Gasteiger partial charge in [0.05, 0.1) is 38.1 Å². The molecule has 1 saturated carbocycles. The van der Waals surface area contributed by atoms with Crippen LogP contribution >= 0.6 is 0 Å². The monoisotopic (exact) mass is 390 g/mol. The fourth-order valence-corrected chi connectivity index (χ4v) is 4.69. The minimum absolute atomic E-state index is 0.0814. The van der Waals surface area contributed by atoms with E-state index in [1.165, 1.54) is 6.42 Å². The number of carbonyl (C=O) groups excluding carboxylic acids is 2. The van der Waals surface area contributed by atoms with Gasteiger partial charge >= 0.3 is 0 Å². The molecule has 1 aromatic heterocycles. The van der Waals surface area contributed by atoms with E-state index in [1.807, 2.05) is 4.90 Å². The van der Waals surface area contributed by atoms with Crippen molar-refractivity contribution >= 4 is 11.8 Å². The summed E-state index contributed by atoms with van der Waals surface area (Å²) in [5.41, 5.74) is 0.273. The minimum atomic E-state index is -0.935. The lowest BCUT2D eigenvalue weighted by atomic mass is 9.74. The number of carbonyl (C=O) groups is 2. The Morgan fingerprint density at radius 1 is 1.04 bits per heavy atom. The number of rotatable bonds is 2. The highest BCUT2D eigenvalue weighted by atomic mass is 16.7. The van der Waals surface area contributed by atoms with Crippen LogP contribution in [0.5, 0.6) is 0 Å². The molecule has 28 heavy (non-hydrogen) atoms. The smallest absolute Gasteiger partial charge is 0.257 e. The first kappa shape index (κ1) is 19.4. The van der Waals surface area contributed by atoms with Crippen LogP contribution in [0.25, 0.3) is 0 Å². The number of amides is 2. The number of aryl methyl sites for hydroxylation is 1. The molecule has 0 N–H and O–H groups in total. The first-order valence-electron chi connectivity index (χ1n) is 10.3. The van der Waals surface area contributed by atoms with Crippen molar-refractivity contribution in [3.63, 3.8) is 0 Å². The summed E-state index contributed by atoms with van der Waals surface area (Å²) in [6.07, 6.45) is 8.62. The van der Waals surface area contributed by atoms with Crippen molar-refractivity contribution < 1.29 is 19.1 Å². The summed E-state index contributed by atoms with van der Waals surface area (Å²) in [6, 6.07) is 0. The Morgan fingerprint density at radius 3 is 2.32 bits per heavy atom. The lowest BCUT2D eigenvalue weighted by molar-refractivity contribution is -0.285. The Hall–Kier alpha value is -1.93. The molecule has 1 unspecified atom stereocenters. The average molecular weight is 390 g/mol. The van der Waals surface area contributed by atoms with E-state index < -0.39 is 5.79 Å². The molecule has 2 saturated heterocycles. The standard InChI is InChI=1S/C20H30N4O4/c1-19(6-4-3-5-7-19)18(26)24-9-11-28-20(15-24)14-23(8-10-27-20)17(25)16-12-21-22(2)13-16/h12-13H,3-11,14-15H2,1-2H3. The molecule has 3 fully saturated rings. The molecule has 3 heterocycles. The van der Waals surface area contributed by atoms with Crippen LogP contribution < -0.4 is 0 Å². The van der Waals surface area contributed by atoms with Crippen LogP contribution in [0.2, 0.25) is 0 Å². The zero-order valence-corrected chi connectivity index (χ0v) is 16.9. The van der Waals surface area contributed by atoms with E-state index in [1.54, 1.807) is 29.0 Å². The Kier molecular flexibility index (Phi) is 5.18. The van der Waals surface area contributed by atoms with Gasteiger partial charge in [0.25, 0.3) is 5.91 Å². The average Bonchev–Trinajstić information content (AvgIpc) is 3.14. The van der Waals surface area contributed by atoms with Crippen LogP contribution in [0.1, 0.15) is 49.4 Å². The van der Waals surface area contributed by atoms with Crippen LogP contribution in [0, 0.1) is 5.41 Å². The quantitative estimate of drug-likeness (QED) is 0.763. The van der Waals surface area contributed by atoms with Crippen molar-refractivity contribution in [3.8, 4) is 0 Å². The SMILES string of the molecule is Cn1cc(C(=O)N2CCOC3(C2)CN(C(=O)C2(C)CCCCC2)CCO3)cn1. The van der Waals surface area contributed by atoms with Gasteiger partial charge in [-0.2, -0.15) is 5.10 Å². The molecule has 1 aliphatic carbocycles. The predicted molar refractivity (Wildman–Crippen MR) is 102 cm³/mol. The maximum absolute atomic E-state index is 13.3. The highest BCUT2D eigenvalue weighted by Crippen LogP contribution is 2.38. The van der Waals surface area contributed by atoms with E-state index >= 15 is 0 Å². The predicted octanol–water partition coefficient (Wildman–Crippen LogP) is 1.42. The highest BCUT2D eigenvalue weighted by molar-refractivity contribution is 5.93. The zero-order chi connectivity index (χ0) is 19.8. The molecule has 1 atom stereocenters. The van der Waals surface area contributed by atoms with E-state index in [2.05, 4.69) is 12.0 Å². The molecule has 2 aliphatic heterocycles. The van der Waals surface area contributed by atoms with Crippen molar-refractivity contribution in [3.05, 3.63) is 18.0 Å². The van der Waals surface area contributed by atoms with Crippen molar-refractivity contribution in [2.75, 3.05) is 39.4 Å². The first-order valence-corrected chi connectivity index (χ1v) is 10.3. The van der Waals surface area contributed by atoms with E-state index in [0.717, 1.165) is 25.7 Å². The molecule has 0 radical (unpaired) electrons. The van der Waals surface area contributed by atoms with Gasteiger partial charge in [0.1, 0.15) is 0 Å². The fraction of sp³-hybridized carbons (Fsp3) is 0.750. The first-order chi connectivity index (χ1) is 13.4. The summed E-state index contributed by atoms with van der Waals surface area (Å²) in [5, 5.41) is 4.08. The highest BCUT2D eigenvalue weighted by Gasteiger charge is 2.47. The summed E-state index contributed by atoms with van der Waals surface area (Å²) in [6.45, 7) is 4.69. The van der Waals surface area contributed by atoms with Gasteiger partial charge in [0.2, 0.25) is 11.7 Å². The van der Waals surface area contributed by atoms with Crippen LogP contribution in [-0.2, 0) is 21.3 Å². The molecule has 1 spiro atoms. The summed E-state index contributed by atoms with van der Waals surface area (Å²) in [5.74, 6) is -0.814. The van der Waals surface area contributed by atoms with Gasteiger partial charge < -0.3 is 19.3 Å². The summed E-state index contributed by atoms with van der Waals surface area (Å²) < 4.78 is 13.6. The fourth-order valence-electron chi connectivity index (χ4n) is 4.69. The van der Waals surface area contributed by atoms with Gasteiger partial charge in [0, 0.05) is 31.7 Å². The number of ether oxygens (including phenoxy) is 2. The third-order valence-corrected chi connectivity index (χ3v) is 6.32.